The van der Waals surface area contributed by atoms with Crippen LogP contribution in [-0.4, -0.2) is 31.4 Å². The number of anilines is 1. The maximum atomic E-state index is 13.4. The van der Waals surface area contributed by atoms with Gasteiger partial charge in [-0.1, -0.05) is 32.5 Å². The summed E-state index contributed by atoms with van der Waals surface area (Å²) in [7, 11) is 0. The molecule has 0 atom stereocenters. The number of rotatable bonds is 5. The van der Waals surface area contributed by atoms with Gasteiger partial charge in [-0.25, -0.2) is 9.37 Å². The van der Waals surface area contributed by atoms with Crippen LogP contribution in [0.25, 0.3) is 5.69 Å². The summed E-state index contributed by atoms with van der Waals surface area (Å²) < 4.78 is 15.1. The minimum Gasteiger partial charge on any atom is -0.310 e. The van der Waals surface area contributed by atoms with Gasteiger partial charge in [0, 0.05) is 16.8 Å². The Morgan fingerprint density at radius 1 is 1.30 bits per heavy atom. The largest absolute Gasteiger partial charge is 0.310 e. The Kier molecular flexibility index (Phi) is 5.99. The highest BCUT2D eigenvalue weighted by atomic mass is 32.2. The number of thioether (sulfide) groups is 1. The van der Waals surface area contributed by atoms with Crippen LogP contribution in [0.3, 0.4) is 0 Å². The van der Waals surface area contributed by atoms with Gasteiger partial charge in [-0.2, -0.15) is 5.26 Å². The Labute approximate surface area is 178 Å². The lowest BCUT2D eigenvalue weighted by atomic mass is 9.96. The van der Waals surface area contributed by atoms with Crippen LogP contribution in [-0.2, 0) is 10.2 Å². The van der Waals surface area contributed by atoms with Gasteiger partial charge in [0.2, 0.25) is 11.1 Å². The predicted molar refractivity (Wildman–Crippen MR) is 114 cm³/mol. The van der Waals surface area contributed by atoms with Crippen molar-refractivity contribution in [1.29, 1.82) is 5.26 Å². The maximum absolute atomic E-state index is 13.4. The number of aromatic amines is 1. The summed E-state index contributed by atoms with van der Waals surface area (Å²) in [5.74, 6) is 0.547. The minimum absolute atomic E-state index is 0.0823. The summed E-state index contributed by atoms with van der Waals surface area (Å²) in [5, 5.41) is 20.0. The highest BCUT2D eigenvalue weighted by molar-refractivity contribution is 7.99. The number of aromatic nitrogens is 4. The zero-order valence-corrected chi connectivity index (χ0v) is 18.3. The molecule has 3 rings (SSSR count). The van der Waals surface area contributed by atoms with Gasteiger partial charge < -0.3 is 5.32 Å². The Morgan fingerprint density at radius 2 is 1.97 bits per heavy atom. The number of nitrogens with one attached hydrogen (secondary N) is 2. The fourth-order valence-corrected chi connectivity index (χ4v) is 3.52. The van der Waals surface area contributed by atoms with E-state index in [-0.39, 0.29) is 22.9 Å². The van der Waals surface area contributed by atoms with Crippen molar-refractivity contribution in [2.24, 2.45) is 0 Å². The van der Waals surface area contributed by atoms with E-state index in [2.05, 4.69) is 26.6 Å². The summed E-state index contributed by atoms with van der Waals surface area (Å²) in [6, 6.07) is 8.05. The van der Waals surface area contributed by atoms with E-state index < -0.39 is 0 Å². The number of carbonyl (C=O) groups excluding carboxylic acids is 1. The summed E-state index contributed by atoms with van der Waals surface area (Å²) in [6.07, 6.45) is 0. The number of benzene rings is 1. The SMILES string of the molecule is Cc1c(C#N)c(NC(=O)CSc2n[nH]c(C(C)(C)C)n2)n(-c2ccc(F)cc2)c1C. The lowest BCUT2D eigenvalue weighted by molar-refractivity contribution is -0.113. The quantitative estimate of drug-likeness (QED) is 0.594. The van der Waals surface area contributed by atoms with E-state index in [4.69, 9.17) is 0 Å². The molecule has 0 aliphatic heterocycles. The number of nitrogens with zero attached hydrogens (tertiary/aromatic N) is 4. The van der Waals surface area contributed by atoms with Gasteiger partial charge in [0.25, 0.3) is 0 Å². The average molecular weight is 427 g/mol. The van der Waals surface area contributed by atoms with Gasteiger partial charge in [0.15, 0.2) is 0 Å². The molecule has 0 bridgehead atoms. The number of hydrogen-bond acceptors (Lipinski definition) is 5. The highest BCUT2D eigenvalue weighted by Gasteiger charge is 2.22. The summed E-state index contributed by atoms with van der Waals surface area (Å²) in [6.45, 7) is 9.73. The Hall–Kier alpha value is -3.12. The Bertz CT molecular complexity index is 1120. The van der Waals surface area contributed by atoms with E-state index in [1.807, 2.05) is 34.6 Å². The highest BCUT2D eigenvalue weighted by Crippen LogP contribution is 2.30. The molecule has 9 heteroatoms. The van der Waals surface area contributed by atoms with Crippen molar-refractivity contribution < 1.29 is 9.18 Å². The first kappa shape index (κ1) is 21.6. The molecule has 156 valence electrons. The average Bonchev–Trinajstić information content (AvgIpc) is 3.25. The molecular weight excluding hydrogens is 403 g/mol. The first-order chi connectivity index (χ1) is 14.1. The number of nitriles is 1. The van der Waals surface area contributed by atoms with Crippen molar-refractivity contribution in [3.63, 3.8) is 0 Å². The van der Waals surface area contributed by atoms with Gasteiger partial charge >= 0.3 is 0 Å². The first-order valence-corrected chi connectivity index (χ1v) is 10.3. The number of amides is 1. The molecule has 1 amide bonds. The van der Waals surface area contributed by atoms with Gasteiger partial charge in [-0.3, -0.25) is 14.5 Å². The van der Waals surface area contributed by atoms with Crippen LogP contribution in [0.4, 0.5) is 10.2 Å². The monoisotopic (exact) mass is 426 g/mol. The summed E-state index contributed by atoms with van der Waals surface area (Å²) in [4.78, 5) is 17.0. The second-order valence-corrected chi connectivity index (χ2v) is 8.85. The van der Waals surface area contributed by atoms with E-state index >= 15 is 0 Å². The molecule has 1 aromatic carbocycles. The fraction of sp³-hybridized carbons (Fsp3) is 0.333. The van der Waals surface area contributed by atoms with Crippen molar-refractivity contribution in [2.45, 2.75) is 45.2 Å². The molecule has 2 N–H and O–H groups in total. The molecule has 2 heterocycles. The molecule has 2 aromatic heterocycles. The molecule has 0 radical (unpaired) electrons. The van der Waals surface area contributed by atoms with Crippen LogP contribution in [0.1, 0.15) is 43.4 Å². The molecule has 30 heavy (non-hydrogen) atoms. The van der Waals surface area contributed by atoms with Crippen LogP contribution >= 0.6 is 11.8 Å². The van der Waals surface area contributed by atoms with Crippen LogP contribution in [0.15, 0.2) is 29.4 Å². The lowest BCUT2D eigenvalue weighted by Gasteiger charge is -2.13. The summed E-state index contributed by atoms with van der Waals surface area (Å²) in [5.41, 5.74) is 2.42. The van der Waals surface area contributed by atoms with Gasteiger partial charge in [-0.15, -0.1) is 5.10 Å². The Morgan fingerprint density at radius 3 is 2.53 bits per heavy atom. The van der Waals surface area contributed by atoms with Gasteiger partial charge in [0.1, 0.15) is 23.5 Å². The van der Waals surface area contributed by atoms with Crippen LogP contribution in [0.2, 0.25) is 0 Å². The molecule has 0 aliphatic carbocycles. The van der Waals surface area contributed by atoms with Crippen molar-refractivity contribution in [2.75, 3.05) is 11.1 Å². The van der Waals surface area contributed by atoms with Gasteiger partial charge in [0.05, 0.1) is 11.3 Å². The van der Waals surface area contributed by atoms with Crippen molar-refractivity contribution in [1.82, 2.24) is 19.7 Å². The Balaban J connectivity index is 1.82. The molecule has 7 nitrogen and oxygen atoms in total. The normalized spacial score (nSPS) is 11.4. The first-order valence-electron chi connectivity index (χ1n) is 9.35. The van der Waals surface area contributed by atoms with Crippen molar-refractivity contribution in [3.8, 4) is 11.8 Å². The maximum Gasteiger partial charge on any atom is 0.236 e. The smallest absolute Gasteiger partial charge is 0.236 e. The van der Waals surface area contributed by atoms with Crippen molar-refractivity contribution >= 4 is 23.5 Å². The second kappa shape index (κ2) is 8.32. The van der Waals surface area contributed by atoms with Crippen molar-refractivity contribution in [3.05, 3.63) is 52.7 Å². The van der Waals surface area contributed by atoms with Gasteiger partial charge in [-0.05, 0) is 43.7 Å². The third kappa shape index (κ3) is 4.39. The minimum atomic E-state index is -0.357. The molecule has 0 saturated carbocycles. The van der Waals surface area contributed by atoms with Crippen LogP contribution < -0.4 is 5.32 Å². The molecule has 0 aliphatic rings. The fourth-order valence-electron chi connectivity index (χ4n) is 2.92. The van der Waals surface area contributed by atoms with E-state index in [1.54, 1.807) is 16.7 Å². The van der Waals surface area contributed by atoms with E-state index in [9.17, 15) is 14.4 Å². The molecule has 3 aromatic rings. The molecule has 0 spiro atoms. The molecule has 0 saturated heterocycles. The van der Waals surface area contributed by atoms with Crippen LogP contribution in [0.5, 0.6) is 0 Å². The summed E-state index contributed by atoms with van der Waals surface area (Å²) >= 11 is 1.21. The van der Waals surface area contributed by atoms with Crippen LogP contribution in [0, 0.1) is 31.0 Å². The number of carbonyl (C=O) groups is 1. The predicted octanol–water partition coefficient (Wildman–Crippen LogP) is 4.25. The third-order valence-corrected chi connectivity index (χ3v) is 5.52. The molecular formula is C21H23FN6OS. The third-order valence-electron chi connectivity index (χ3n) is 4.68. The van der Waals surface area contributed by atoms with E-state index in [1.165, 1.54) is 23.9 Å². The van der Waals surface area contributed by atoms with E-state index in [0.29, 0.717) is 22.2 Å². The molecule has 0 unspecified atom stereocenters. The standard InChI is InChI=1S/C21H23FN6OS/c1-12-13(2)28(15-8-6-14(22)7-9-15)18(16(12)10-23)24-17(29)11-30-20-25-19(26-27-20)21(3,4)5/h6-9H,11H2,1-5H3,(H,24,29)(H,25,26,27). The number of halogens is 1. The molecule has 0 fully saturated rings. The number of hydrogen-bond donors (Lipinski definition) is 2. The lowest BCUT2D eigenvalue weighted by Crippen LogP contribution is -2.18. The zero-order valence-electron chi connectivity index (χ0n) is 17.5. The number of H-pyrrole nitrogens is 1. The second-order valence-electron chi connectivity index (χ2n) is 7.91. The topological polar surface area (TPSA) is 99.4 Å². The van der Waals surface area contributed by atoms with E-state index in [0.717, 1.165) is 17.1 Å². The zero-order chi connectivity index (χ0) is 22.1.